The standard InChI is InChI=1S/C27H28N4O3S/c1-18(21-5-3-2-4-6-21)13-25(32)31-26-23(15-28)22-8-7-20(14-24(22)35-26)17-34-27(33)30-16-19-9-11-29-12-10-19/h2-6,9-12,18,20H,7-8,13-14,16-17H2,1H3,(H,30,33)(H,31,32). The molecule has 35 heavy (non-hydrogen) atoms. The Hall–Kier alpha value is -3.70. The van der Waals surface area contributed by atoms with Crippen molar-refractivity contribution in [1.82, 2.24) is 10.3 Å². The SMILES string of the molecule is CC(CC(=O)Nc1sc2c(c1C#N)CCC(COC(=O)NCc1ccncc1)C2)c1ccccc1. The van der Waals surface area contributed by atoms with Gasteiger partial charge in [0.25, 0.3) is 0 Å². The van der Waals surface area contributed by atoms with Gasteiger partial charge in [0.2, 0.25) is 5.91 Å². The van der Waals surface area contributed by atoms with Crippen LogP contribution in [0.25, 0.3) is 0 Å². The third-order valence-electron chi connectivity index (χ3n) is 6.23. The molecule has 0 saturated heterocycles. The predicted octanol–water partition coefficient (Wildman–Crippen LogP) is 5.18. The minimum absolute atomic E-state index is 0.0857. The number of anilines is 1. The highest BCUT2D eigenvalue weighted by atomic mass is 32.1. The first-order valence-electron chi connectivity index (χ1n) is 11.7. The molecular formula is C27H28N4O3S. The van der Waals surface area contributed by atoms with Crippen LogP contribution in [0.3, 0.4) is 0 Å². The van der Waals surface area contributed by atoms with Gasteiger partial charge in [0.05, 0.1) is 12.2 Å². The molecule has 1 aliphatic carbocycles. The van der Waals surface area contributed by atoms with Crippen molar-refractivity contribution >= 4 is 28.3 Å². The van der Waals surface area contributed by atoms with Gasteiger partial charge in [-0.05, 0) is 59.9 Å². The van der Waals surface area contributed by atoms with Gasteiger partial charge in [-0.15, -0.1) is 11.3 Å². The van der Waals surface area contributed by atoms with Crippen LogP contribution in [0.15, 0.2) is 54.9 Å². The van der Waals surface area contributed by atoms with Crippen molar-refractivity contribution in [2.75, 3.05) is 11.9 Å². The van der Waals surface area contributed by atoms with E-state index in [1.807, 2.05) is 49.4 Å². The first-order chi connectivity index (χ1) is 17.0. The summed E-state index contributed by atoms with van der Waals surface area (Å²) in [5, 5.41) is 16.1. The third kappa shape index (κ3) is 6.46. The number of nitrogens with zero attached hydrogens (tertiary/aromatic N) is 2. The van der Waals surface area contributed by atoms with Crippen LogP contribution >= 0.6 is 11.3 Å². The molecule has 0 bridgehead atoms. The van der Waals surface area contributed by atoms with Crippen LogP contribution in [0, 0.1) is 17.2 Å². The molecule has 2 atom stereocenters. The van der Waals surface area contributed by atoms with Crippen LogP contribution < -0.4 is 10.6 Å². The Morgan fingerprint density at radius 1 is 1.23 bits per heavy atom. The average Bonchev–Trinajstić information content (AvgIpc) is 3.23. The number of amides is 2. The van der Waals surface area contributed by atoms with Gasteiger partial charge in [-0.2, -0.15) is 5.26 Å². The maximum Gasteiger partial charge on any atom is 0.407 e. The zero-order chi connectivity index (χ0) is 24.6. The first kappa shape index (κ1) is 24.4. The maximum atomic E-state index is 12.7. The monoisotopic (exact) mass is 488 g/mol. The summed E-state index contributed by atoms with van der Waals surface area (Å²) in [6, 6.07) is 15.9. The molecule has 0 spiro atoms. The van der Waals surface area contributed by atoms with E-state index in [9.17, 15) is 14.9 Å². The Kier molecular flexibility index (Phi) is 8.11. The van der Waals surface area contributed by atoms with Crippen molar-refractivity contribution in [3.63, 3.8) is 0 Å². The zero-order valence-corrected chi connectivity index (χ0v) is 20.4. The highest BCUT2D eigenvalue weighted by molar-refractivity contribution is 7.16. The van der Waals surface area contributed by atoms with E-state index in [1.165, 1.54) is 11.3 Å². The Bertz CT molecular complexity index is 1200. The summed E-state index contributed by atoms with van der Waals surface area (Å²) in [7, 11) is 0. The van der Waals surface area contributed by atoms with Crippen molar-refractivity contribution in [2.45, 2.75) is 45.1 Å². The summed E-state index contributed by atoms with van der Waals surface area (Å²) in [6.45, 7) is 2.73. The van der Waals surface area contributed by atoms with Crippen molar-refractivity contribution in [3.8, 4) is 6.07 Å². The van der Waals surface area contributed by atoms with Gasteiger partial charge in [0, 0.05) is 30.2 Å². The number of hydrogen-bond acceptors (Lipinski definition) is 6. The molecule has 1 aliphatic rings. The Morgan fingerprint density at radius 3 is 2.74 bits per heavy atom. The number of pyridine rings is 1. The van der Waals surface area contributed by atoms with Crippen LogP contribution in [0.5, 0.6) is 0 Å². The maximum absolute atomic E-state index is 12.7. The summed E-state index contributed by atoms with van der Waals surface area (Å²) < 4.78 is 5.44. The molecule has 8 heteroatoms. The van der Waals surface area contributed by atoms with Crippen molar-refractivity contribution in [2.24, 2.45) is 5.92 Å². The molecule has 2 N–H and O–H groups in total. The molecule has 2 unspecified atom stereocenters. The molecule has 0 radical (unpaired) electrons. The van der Waals surface area contributed by atoms with Crippen LogP contribution in [-0.2, 0) is 28.9 Å². The predicted molar refractivity (Wildman–Crippen MR) is 135 cm³/mol. The van der Waals surface area contributed by atoms with E-state index < -0.39 is 6.09 Å². The van der Waals surface area contributed by atoms with Crippen LogP contribution in [0.1, 0.15) is 52.8 Å². The number of ether oxygens (including phenoxy) is 1. The summed E-state index contributed by atoms with van der Waals surface area (Å²) in [5.41, 5.74) is 3.65. The number of carbonyl (C=O) groups excluding carboxylic acids is 2. The lowest BCUT2D eigenvalue weighted by molar-refractivity contribution is -0.116. The Balaban J connectivity index is 1.30. The molecule has 7 nitrogen and oxygen atoms in total. The van der Waals surface area contributed by atoms with Gasteiger partial charge < -0.3 is 15.4 Å². The van der Waals surface area contributed by atoms with E-state index >= 15 is 0 Å². The summed E-state index contributed by atoms with van der Waals surface area (Å²) in [5.74, 6) is 0.172. The number of rotatable bonds is 8. The lowest BCUT2D eigenvalue weighted by atomic mass is 9.88. The quantitative estimate of drug-likeness (QED) is 0.455. The highest BCUT2D eigenvalue weighted by Gasteiger charge is 2.27. The summed E-state index contributed by atoms with van der Waals surface area (Å²) >= 11 is 1.47. The van der Waals surface area contributed by atoms with E-state index in [0.29, 0.717) is 30.1 Å². The second-order valence-corrected chi connectivity index (χ2v) is 9.91. The number of alkyl carbamates (subject to hydrolysis) is 1. The van der Waals surface area contributed by atoms with Gasteiger partial charge in [0.15, 0.2) is 0 Å². The van der Waals surface area contributed by atoms with Crippen LogP contribution in [0.4, 0.5) is 9.80 Å². The summed E-state index contributed by atoms with van der Waals surface area (Å²) in [4.78, 5) is 29.8. The van der Waals surface area contributed by atoms with E-state index in [4.69, 9.17) is 4.74 Å². The second-order valence-electron chi connectivity index (χ2n) is 8.80. The number of aromatic nitrogens is 1. The van der Waals surface area contributed by atoms with Gasteiger partial charge in [-0.1, -0.05) is 37.3 Å². The van der Waals surface area contributed by atoms with Gasteiger partial charge in [-0.25, -0.2) is 4.79 Å². The smallest absolute Gasteiger partial charge is 0.407 e. The molecule has 1 aromatic carbocycles. The molecule has 2 amide bonds. The molecule has 0 aliphatic heterocycles. The molecule has 180 valence electrons. The lowest BCUT2D eigenvalue weighted by Gasteiger charge is -2.21. The number of benzene rings is 1. The number of nitriles is 1. The molecule has 4 rings (SSSR count). The number of fused-ring (bicyclic) bond motifs is 1. The van der Waals surface area contributed by atoms with Crippen molar-refractivity contribution in [1.29, 1.82) is 5.26 Å². The number of hydrogen-bond donors (Lipinski definition) is 2. The van der Waals surface area contributed by atoms with Crippen molar-refractivity contribution < 1.29 is 14.3 Å². The normalized spacial score (nSPS) is 15.4. The number of thiophene rings is 1. The summed E-state index contributed by atoms with van der Waals surface area (Å²) in [6.07, 6.45) is 5.55. The number of nitrogens with one attached hydrogen (secondary N) is 2. The fraction of sp³-hybridized carbons (Fsp3) is 0.333. The minimum Gasteiger partial charge on any atom is -0.449 e. The Labute approximate surface area is 209 Å². The largest absolute Gasteiger partial charge is 0.449 e. The lowest BCUT2D eigenvalue weighted by Crippen LogP contribution is -2.27. The second kappa shape index (κ2) is 11.6. The van der Waals surface area contributed by atoms with Crippen LogP contribution in [-0.4, -0.2) is 23.6 Å². The van der Waals surface area contributed by atoms with Gasteiger partial charge in [-0.3, -0.25) is 9.78 Å². The third-order valence-corrected chi connectivity index (χ3v) is 7.40. The molecule has 3 aromatic rings. The fourth-order valence-corrected chi connectivity index (χ4v) is 5.61. The van der Waals surface area contributed by atoms with E-state index in [0.717, 1.165) is 40.8 Å². The van der Waals surface area contributed by atoms with E-state index in [2.05, 4.69) is 21.7 Å². The topological polar surface area (TPSA) is 104 Å². The molecule has 2 aromatic heterocycles. The molecule has 0 fully saturated rings. The van der Waals surface area contributed by atoms with Gasteiger partial charge >= 0.3 is 6.09 Å². The van der Waals surface area contributed by atoms with Gasteiger partial charge in [0.1, 0.15) is 11.1 Å². The van der Waals surface area contributed by atoms with E-state index in [1.54, 1.807) is 12.4 Å². The van der Waals surface area contributed by atoms with E-state index in [-0.39, 0.29) is 17.7 Å². The Morgan fingerprint density at radius 2 is 2.00 bits per heavy atom. The molecule has 0 saturated carbocycles. The highest BCUT2D eigenvalue weighted by Crippen LogP contribution is 2.39. The average molecular weight is 489 g/mol. The first-order valence-corrected chi connectivity index (χ1v) is 12.5. The van der Waals surface area contributed by atoms with Crippen molar-refractivity contribution in [3.05, 3.63) is 82.0 Å². The fourth-order valence-electron chi connectivity index (χ4n) is 4.28. The molecule has 2 heterocycles. The zero-order valence-electron chi connectivity index (χ0n) is 19.6. The minimum atomic E-state index is -0.447. The number of carbonyl (C=O) groups is 2. The van der Waals surface area contributed by atoms with Crippen LogP contribution in [0.2, 0.25) is 0 Å². The molecular weight excluding hydrogens is 460 g/mol.